The minimum Gasteiger partial charge on any atom is -0.490 e. The maximum Gasteiger partial charge on any atom is 0.325 e. The molecule has 2 fully saturated rings. The van der Waals surface area contributed by atoms with Crippen LogP contribution in [0.3, 0.4) is 0 Å². The average Bonchev–Trinajstić information content (AvgIpc) is 2.98. The predicted molar refractivity (Wildman–Crippen MR) is 120 cm³/mol. The number of carbonyl (C=O) groups is 3. The number of amides is 4. The van der Waals surface area contributed by atoms with Crippen LogP contribution in [0.2, 0.25) is 0 Å². The molecule has 4 amide bonds. The molecule has 0 radical (unpaired) electrons. The molecule has 2 N–H and O–H groups in total. The van der Waals surface area contributed by atoms with E-state index >= 15 is 0 Å². The Kier molecular flexibility index (Phi) is 6.06. The van der Waals surface area contributed by atoms with Gasteiger partial charge in [-0.3, -0.25) is 14.5 Å². The number of hydrogen-bond donors (Lipinski definition) is 2. The molecule has 4 rings (SSSR count). The normalized spacial score (nSPS) is 19.2. The van der Waals surface area contributed by atoms with Crippen molar-refractivity contribution in [3.63, 3.8) is 0 Å². The number of rotatable bonds is 6. The summed E-state index contributed by atoms with van der Waals surface area (Å²) in [6, 6.07) is 10.8. The van der Waals surface area contributed by atoms with Crippen molar-refractivity contribution in [3.05, 3.63) is 42.0 Å². The minimum atomic E-state index is -1.09. The molecule has 0 saturated carbocycles. The van der Waals surface area contributed by atoms with Crippen molar-refractivity contribution < 1.29 is 24.2 Å². The first kappa shape index (κ1) is 22.1. The van der Waals surface area contributed by atoms with E-state index in [2.05, 4.69) is 5.32 Å². The standard InChI is InChI=1S/C24H29N3O5/c1-24(2)22(30)27(23(31)25-24)14-18(28)15-32-20-13-17-9-5-4-8-16(17)12-19(20)21(29)26-10-6-3-7-11-26/h4-5,8-9,12-13,18,28H,3,6-7,10-11,14-15H2,1-2H3,(H,25,31)/t18-/m1/s1. The molecule has 0 aromatic heterocycles. The third-order valence-electron chi connectivity index (χ3n) is 5.99. The molecule has 32 heavy (non-hydrogen) atoms. The summed E-state index contributed by atoms with van der Waals surface area (Å²) >= 11 is 0. The Morgan fingerprint density at radius 3 is 2.41 bits per heavy atom. The van der Waals surface area contributed by atoms with Crippen molar-refractivity contribution in [3.8, 4) is 5.75 Å². The lowest BCUT2D eigenvalue weighted by atomic mass is 10.0. The second-order valence-corrected chi connectivity index (χ2v) is 8.98. The summed E-state index contributed by atoms with van der Waals surface area (Å²) in [4.78, 5) is 40.5. The minimum absolute atomic E-state index is 0.0872. The first-order chi connectivity index (χ1) is 15.3. The van der Waals surface area contributed by atoms with E-state index < -0.39 is 23.6 Å². The topological polar surface area (TPSA) is 99.2 Å². The fraction of sp³-hybridized carbons (Fsp3) is 0.458. The number of hydrogen-bond acceptors (Lipinski definition) is 5. The van der Waals surface area contributed by atoms with Crippen molar-refractivity contribution in [2.75, 3.05) is 26.2 Å². The van der Waals surface area contributed by atoms with Gasteiger partial charge in [0.25, 0.3) is 11.8 Å². The molecule has 2 aliphatic rings. The molecule has 2 aromatic rings. The van der Waals surface area contributed by atoms with E-state index in [1.807, 2.05) is 35.2 Å². The molecule has 0 aliphatic carbocycles. The van der Waals surface area contributed by atoms with Gasteiger partial charge in [-0.2, -0.15) is 0 Å². The van der Waals surface area contributed by atoms with Crippen molar-refractivity contribution >= 4 is 28.6 Å². The molecule has 1 atom stereocenters. The maximum atomic E-state index is 13.2. The third-order valence-corrected chi connectivity index (χ3v) is 5.99. The number of fused-ring (bicyclic) bond motifs is 1. The molecule has 2 aliphatic heterocycles. The molecular formula is C24H29N3O5. The monoisotopic (exact) mass is 439 g/mol. The Bertz CT molecular complexity index is 1050. The summed E-state index contributed by atoms with van der Waals surface area (Å²) in [6.45, 7) is 4.33. The lowest BCUT2D eigenvalue weighted by Crippen LogP contribution is -2.42. The highest BCUT2D eigenvalue weighted by Crippen LogP contribution is 2.28. The summed E-state index contributed by atoms with van der Waals surface area (Å²) in [7, 11) is 0. The number of nitrogens with zero attached hydrogens (tertiary/aromatic N) is 2. The van der Waals surface area contributed by atoms with Crippen molar-refractivity contribution in [1.82, 2.24) is 15.1 Å². The van der Waals surface area contributed by atoms with Crippen molar-refractivity contribution in [2.24, 2.45) is 0 Å². The van der Waals surface area contributed by atoms with Crippen LogP contribution in [0, 0.1) is 0 Å². The number of ether oxygens (including phenoxy) is 1. The molecular weight excluding hydrogens is 410 g/mol. The van der Waals surface area contributed by atoms with Gasteiger partial charge in [-0.1, -0.05) is 24.3 Å². The summed E-state index contributed by atoms with van der Waals surface area (Å²) in [5, 5.41) is 14.9. The number of urea groups is 1. The van der Waals surface area contributed by atoms with Crippen LogP contribution >= 0.6 is 0 Å². The zero-order valence-corrected chi connectivity index (χ0v) is 18.5. The van der Waals surface area contributed by atoms with Crippen LogP contribution < -0.4 is 10.1 Å². The van der Waals surface area contributed by atoms with Gasteiger partial charge < -0.3 is 20.1 Å². The van der Waals surface area contributed by atoms with Crippen LogP contribution in [0.4, 0.5) is 4.79 Å². The van der Waals surface area contributed by atoms with Crippen LogP contribution in [0.25, 0.3) is 10.8 Å². The van der Waals surface area contributed by atoms with E-state index in [9.17, 15) is 19.5 Å². The zero-order valence-electron chi connectivity index (χ0n) is 18.5. The Morgan fingerprint density at radius 1 is 1.12 bits per heavy atom. The molecule has 2 aromatic carbocycles. The highest BCUT2D eigenvalue weighted by atomic mass is 16.5. The molecule has 170 valence electrons. The third kappa shape index (κ3) is 4.41. The van der Waals surface area contributed by atoms with E-state index in [0.29, 0.717) is 11.3 Å². The van der Waals surface area contributed by atoms with Gasteiger partial charge in [0, 0.05) is 13.1 Å². The number of benzene rings is 2. The average molecular weight is 440 g/mol. The lowest BCUT2D eigenvalue weighted by molar-refractivity contribution is -0.131. The predicted octanol–water partition coefficient (Wildman–Crippen LogP) is 2.54. The summed E-state index contributed by atoms with van der Waals surface area (Å²) in [5.74, 6) is -0.0973. The molecule has 0 bridgehead atoms. The first-order valence-electron chi connectivity index (χ1n) is 11.0. The van der Waals surface area contributed by atoms with E-state index in [-0.39, 0.29) is 19.1 Å². The number of carbonyl (C=O) groups excluding carboxylic acids is 3. The van der Waals surface area contributed by atoms with Gasteiger partial charge in [0.1, 0.15) is 24.0 Å². The molecule has 0 spiro atoms. The second-order valence-electron chi connectivity index (χ2n) is 8.98. The van der Waals surface area contributed by atoms with Crippen molar-refractivity contribution in [2.45, 2.75) is 44.8 Å². The van der Waals surface area contributed by atoms with Crippen LogP contribution in [0.1, 0.15) is 43.5 Å². The largest absolute Gasteiger partial charge is 0.490 e. The van der Waals surface area contributed by atoms with Crippen LogP contribution in [0.15, 0.2) is 36.4 Å². The Balaban J connectivity index is 1.52. The number of aliphatic hydroxyl groups excluding tert-OH is 1. The van der Waals surface area contributed by atoms with E-state index in [4.69, 9.17) is 4.74 Å². The Morgan fingerprint density at radius 2 is 1.78 bits per heavy atom. The maximum absolute atomic E-state index is 13.2. The van der Waals surface area contributed by atoms with Crippen LogP contribution in [-0.2, 0) is 4.79 Å². The van der Waals surface area contributed by atoms with E-state index in [1.54, 1.807) is 19.9 Å². The van der Waals surface area contributed by atoms with Crippen LogP contribution in [-0.4, -0.2) is 70.6 Å². The molecule has 2 saturated heterocycles. The number of β-amino-alcohol motifs (C(OH)–C–C–N with tert-alkyl or cyclic N) is 1. The number of aliphatic hydroxyl groups is 1. The summed E-state index contributed by atoms with van der Waals surface area (Å²) in [5.41, 5.74) is -0.543. The summed E-state index contributed by atoms with van der Waals surface area (Å²) < 4.78 is 5.88. The zero-order chi connectivity index (χ0) is 22.9. The van der Waals surface area contributed by atoms with E-state index in [0.717, 1.165) is 48.0 Å². The van der Waals surface area contributed by atoms with Crippen LogP contribution in [0.5, 0.6) is 5.75 Å². The van der Waals surface area contributed by atoms with Gasteiger partial charge in [-0.25, -0.2) is 4.79 Å². The highest BCUT2D eigenvalue weighted by Gasteiger charge is 2.44. The number of likely N-dealkylation sites (tertiary alicyclic amines) is 1. The summed E-state index contributed by atoms with van der Waals surface area (Å²) in [6.07, 6.45) is 1.99. The quantitative estimate of drug-likeness (QED) is 0.674. The first-order valence-corrected chi connectivity index (χ1v) is 11.0. The Labute approximate surface area is 187 Å². The Hall–Kier alpha value is -3.13. The smallest absolute Gasteiger partial charge is 0.325 e. The van der Waals surface area contributed by atoms with Gasteiger partial charge in [-0.05, 0) is 56.0 Å². The van der Waals surface area contributed by atoms with E-state index in [1.165, 1.54) is 0 Å². The SMILES string of the molecule is CC1(C)NC(=O)N(C[C@@H](O)COc2cc3ccccc3cc2C(=O)N2CCCCC2)C1=O. The fourth-order valence-electron chi connectivity index (χ4n) is 4.21. The molecule has 0 unspecified atom stereocenters. The molecule has 8 heteroatoms. The number of nitrogens with one attached hydrogen (secondary N) is 1. The number of imide groups is 1. The van der Waals surface area contributed by atoms with Gasteiger partial charge in [0.05, 0.1) is 12.1 Å². The highest BCUT2D eigenvalue weighted by molar-refractivity contribution is 6.06. The molecule has 2 heterocycles. The lowest BCUT2D eigenvalue weighted by Gasteiger charge is -2.28. The fourth-order valence-corrected chi connectivity index (χ4v) is 4.21. The molecule has 8 nitrogen and oxygen atoms in total. The number of piperidine rings is 1. The van der Waals surface area contributed by atoms with Gasteiger partial charge in [0.2, 0.25) is 0 Å². The van der Waals surface area contributed by atoms with Gasteiger partial charge in [0.15, 0.2) is 0 Å². The second kappa shape index (κ2) is 8.78. The van der Waals surface area contributed by atoms with Gasteiger partial charge in [-0.15, -0.1) is 0 Å². The van der Waals surface area contributed by atoms with Gasteiger partial charge >= 0.3 is 6.03 Å². The van der Waals surface area contributed by atoms with Crippen molar-refractivity contribution in [1.29, 1.82) is 0 Å².